The van der Waals surface area contributed by atoms with Gasteiger partial charge in [-0.1, -0.05) is 5.16 Å². The lowest BCUT2D eigenvalue weighted by Crippen LogP contribution is -2.09. The molecule has 2 heterocycles. The van der Waals surface area contributed by atoms with Crippen molar-refractivity contribution < 1.29 is 9.63 Å². The smallest absolute Gasteiger partial charge is 0.229 e. The summed E-state index contributed by atoms with van der Waals surface area (Å²) in [5.74, 6) is 0.790. The zero-order valence-electron chi connectivity index (χ0n) is 9.87. The van der Waals surface area contributed by atoms with Crippen LogP contribution in [-0.2, 0) is 6.42 Å². The highest BCUT2D eigenvalue weighted by atomic mass is 16.5. The summed E-state index contributed by atoms with van der Waals surface area (Å²) in [5.41, 5.74) is 1.79. The second kappa shape index (κ2) is 5.38. The van der Waals surface area contributed by atoms with Gasteiger partial charge in [0.1, 0.15) is 0 Å². The van der Waals surface area contributed by atoms with Gasteiger partial charge in [-0.2, -0.15) is 10.2 Å². The van der Waals surface area contributed by atoms with Crippen LogP contribution in [0.3, 0.4) is 0 Å². The first-order valence-electron chi connectivity index (χ1n) is 5.49. The summed E-state index contributed by atoms with van der Waals surface area (Å²) in [5, 5.41) is 21.8. The van der Waals surface area contributed by atoms with Crippen molar-refractivity contribution in [3.8, 4) is 17.5 Å². The maximum absolute atomic E-state index is 9.48. The van der Waals surface area contributed by atoms with E-state index in [0.717, 1.165) is 11.1 Å². The number of aliphatic hydroxyl groups is 1. The fourth-order valence-corrected chi connectivity index (χ4v) is 1.55. The molecule has 0 radical (unpaired) electrons. The monoisotopic (exact) mass is 244 g/mol. The van der Waals surface area contributed by atoms with Crippen molar-refractivity contribution in [3.63, 3.8) is 0 Å². The molecule has 0 saturated carbocycles. The maximum atomic E-state index is 9.48. The Morgan fingerprint density at radius 3 is 3.11 bits per heavy atom. The third-order valence-corrected chi connectivity index (χ3v) is 2.47. The lowest BCUT2D eigenvalue weighted by atomic mass is 10.1. The van der Waals surface area contributed by atoms with Gasteiger partial charge in [-0.25, -0.2) is 0 Å². The third-order valence-electron chi connectivity index (χ3n) is 2.47. The van der Waals surface area contributed by atoms with Crippen molar-refractivity contribution in [3.05, 3.63) is 29.9 Å². The molecular weight excluding hydrogens is 232 g/mol. The summed E-state index contributed by atoms with van der Waals surface area (Å²) in [7, 11) is 0. The van der Waals surface area contributed by atoms with Crippen molar-refractivity contribution in [1.29, 1.82) is 5.26 Å². The van der Waals surface area contributed by atoms with Crippen LogP contribution in [-0.4, -0.2) is 26.3 Å². The molecule has 2 aromatic heterocycles. The Bertz CT molecular complexity index is 573. The minimum Gasteiger partial charge on any atom is -0.392 e. The first-order chi connectivity index (χ1) is 8.70. The van der Waals surface area contributed by atoms with Gasteiger partial charge in [0.15, 0.2) is 0 Å². The molecule has 6 nitrogen and oxygen atoms in total. The van der Waals surface area contributed by atoms with Crippen molar-refractivity contribution >= 4 is 0 Å². The molecule has 0 bridgehead atoms. The van der Waals surface area contributed by atoms with Crippen LogP contribution < -0.4 is 0 Å². The zero-order chi connectivity index (χ0) is 13.0. The van der Waals surface area contributed by atoms with Gasteiger partial charge in [-0.15, -0.1) is 0 Å². The molecule has 18 heavy (non-hydrogen) atoms. The number of nitrogens with zero attached hydrogens (tertiary/aromatic N) is 4. The van der Waals surface area contributed by atoms with Crippen LogP contribution in [0.15, 0.2) is 23.0 Å². The number of aliphatic hydroxyl groups excluding tert-OH is 1. The standard InChI is InChI=1S/C12H12N4O2/c1-8-7-14-5-3-10(8)12-15-11(18-16-12)6-9(17)2-4-13/h3,5,7,9,17H,2,6H2,1H3. The van der Waals surface area contributed by atoms with Gasteiger partial charge >= 0.3 is 0 Å². The van der Waals surface area contributed by atoms with Gasteiger partial charge in [0, 0.05) is 18.0 Å². The Morgan fingerprint density at radius 1 is 1.56 bits per heavy atom. The molecule has 1 unspecified atom stereocenters. The van der Waals surface area contributed by atoms with Gasteiger partial charge in [-0.3, -0.25) is 4.98 Å². The SMILES string of the molecule is Cc1cnccc1-c1noc(CC(O)CC#N)n1. The minimum absolute atomic E-state index is 0.0476. The highest BCUT2D eigenvalue weighted by Gasteiger charge is 2.14. The van der Waals surface area contributed by atoms with Crippen LogP contribution in [0.25, 0.3) is 11.4 Å². The van der Waals surface area contributed by atoms with Crippen molar-refractivity contribution in [2.75, 3.05) is 0 Å². The molecule has 0 aliphatic carbocycles. The number of rotatable bonds is 4. The lowest BCUT2D eigenvalue weighted by molar-refractivity contribution is 0.167. The van der Waals surface area contributed by atoms with Crippen LogP contribution in [0, 0.1) is 18.3 Å². The van der Waals surface area contributed by atoms with E-state index in [0.29, 0.717) is 11.7 Å². The topological polar surface area (TPSA) is 95.8 Å². The fraction of sp³-hybridized carbons (Fsp3) is 0.333. The predicted molar refractivity (Wildman–Crippen MR) is 62.2 cm³/mol. The van der Waals surface area contributed by atoms with E-state index in [1.807, 2.05) is 13.0 Å². The van der Waals surface area contributed by atoms with Crippen LogP contribution in [0.2, 0.25) is 0 Å². The van der Waals surface area contributed by atoms with E-state index < -0.39 is 6.10 Å². The van der Waals surface area contributed by atoms with Crippen molar-refractivity contribution in [2.24, 2.45) is 0 Å². The molecule has 0 spiro atoms. The fourth-order valence-electron chi connectivity index (χ4n) is 1.55. The first kappa shape index (κ1) is 12.2. The molecule has 2 rings (SSSR count). The summed E-state index contributed by atoms with van der Waals surface area (Å²) in [6.45, 7) is 1.91. The number of hydrogen-bond acceptors (Lipinski definition) is 6. The number of aryl methyl sites for hydroxylation is 1. The van der Waals surface area contributed by atoms with Gasteiger partial charge in [-0.05, 0) is 18.6 Å². The van der Waals surface area contributed by atoms with Gasteiger partial charge in [0.25, 0.3) is 0 Å². The summed E-state index contributed by atoms with van der Waals surface area (Å²) < 4.78 is 5.04. The third kappa shape index (κ3) is 2.70. The molecule has 0 amide bonds. The molecule has 1 N–H and O–H groups in total. The van der Waals surface area contributed by atoms with Gasteiger partial charge < -0.3 is 9.63 Å². The average Bonchev–Trinajstić information content (AvgIpc) is 2.78. The van der Waals surface area contributed by atoms with E-state index in [-0.39, 0.29) is 12.8 Å². The molecule has 0 fully saturated rings. The van der Waals surface area contributed by atoms with E-state index in [2.05, 4.69) is 15.1 Å². The summed E-state index contributed by atoms with van der Waals surface area (Å²) in [6.07, 6.45) is 2.83. The summed E-state index contributed by atoms with van der Waals surface area (Å²) in [6, 6.07) is 3.69. The van der Waals surface area contributed by atoms with Crippen molar-refractivity contribution in [2.45, 2.75) is 25.9 Å². The van der Waals surface area contributed by atoms with Crippen LogP contribution in [0.1, 0.15) is 17.9 Å². The van der Waals surface area contributed by atoms with Crippen LogP contribution in [0.5, 0.6) is 0 Å². The molecule has 92 valence electrons. The van der Waals surface area contributed by atoms with E-state index in [1.165, 1.54) is 0 Å². The molecule has 0 aromatic carbocycles. The highest BCUT2D eigenvalue weighted by molar-refractivity contribution is 5.57. The quantitative estimate of drug-likeness (QED) is 0.869. The molecule has 0 saturated heterocycles. The number of hydrogen-bond donors (Lipinski definition) is 1. The van der Waals surface area contributed by atoms with E-state index in [4.69, 9.17) is 9.78 Å². The molecule has 6 heteroatoms. The lowest BCUT2D eigenvalue weighted by Gasteiger charge is -2.00. The Hall–Kier alpha value is -2.26. The zero-order valence-corrected chi connectivity index (χ0v) is 9.87. The second-order valence-corrected chi connectivity index (χ2v) is 3.92. The molecule has 0 aliphatic rings. The molecule has 0 aliphatic heterocycles. The number of pyridine rings is 1. The van der Waals surface area contributed by atoms with Crippen LogP contribution in [0.4, 0.5) is 0 Å². The van der Waals surface area contributed by atoms with Gasteiger partial charge in [0.05, 0.1) is 25.0 Å². The Morgan fingerprint density at radius 2 is 2.39 bits per heavy atom. The second-order valence-electron chi connectivity index (χ2n) is 3.92. The van der Waals surface area contributed by atoms with E-state index >= 15 is 0 Å². The Labute approximate surface area is 104 Å². The van der Waals surface area contributed by atoms with Gasteiger partial charge in [0.2, 0.25) is 11.7 Å². The van der Waals surface area contributed by atoms with Crippen molar-refractivity contribution in [1.82, 2.24) is 15.1 Å². The van der Waals surface area contributed by atoms with E-state index in [1.54, 1.807) is 18.5 Å². The Kier molecular flexibility index (Phi) is 3.65. The summed E-state index contributed by atoms with van der Waals surface area (Å²) >= 11 is 0. The molecular formula is C12H12N4O2. The number of nitriles is 1. The Balaban J connectivity index is 2.16. The first-order valence-corrected chi connectivity index (χ1v) is 5.49. The number of aromatic nitrogens is 3. The minimum atomic E-state index is -0.776. The summed E-state index contributed by atoms with van der Waals surface area (Å²) in [4.78, 5) is 8.18. The molecule has 2 aromatic rings. The van der Waals surface area contributed by atoms with Crippen LogP contribution >= 0.6 is 0 Å². The maximum Gasteiger partial charge on any atom is 0.229 e. The molecule has 1 atom stereocenters. The van der Waals surface area contributed by atoms with E-state index in [9.17, 15) is 5.11 Å². The largest absolute Gasteiger partial charge is 0.392 e. The normalized spacial score (nSPS) is 12.1. The average molecular weight is 244 g/mol. The highest BCUT2D eigenvalue weighted by Crippen LogP contribution is 2.19. The predicted octanol–water partition coefficient (Wildman–Crippen LogP) is 1.26.